The number of carbonyl (C=O) groups is 1. The lowest BCUT2D eigenvalue weighted by molar-refractivity contribution is 0.102. The molecular formula is C26H30N6O3. The number of rotatable bonds is 9. The lowest BCUT2D eigenvalue weighted by Crippen LogP contribution is -2.31. The van der Waals surface area contributed by atoms with Gasteiger partial charge in [-0.3, -0.25) is 19.1 Å². The van der Waals surface area contributed by atoms with Crippen molar-refractivity contribution in [1.29, 1.82) is 0 Å². The molecule has 0 unspecified atom stereocenters. The van der Waals surface area contributed by atoms with Crippen molar-refractivity contribution in [2.75, 3.05) is 10.6 Å². The molecule has 0 spiro atoms. The van der Waals surface area contributed by atoms with E-state index in [0.717, 1.165) is 29.8 Å². The number of para-hydroxylation sites is 1. The Morgan fingerprint density at radius 2 is 1.83 bits per heavy atom. The van der Waals surface area contributed by atoms with Gasteiger partial charge in [0.15, 0.2) is 11.2 Å². The van der Waals surface area contributed by atoms with Crippen molar-refractivity contribution >= 4 is 28.4 Å². The number of hydrogen-bond acceptors (Lipinski definition) is 5. The highest BCUT2D eigenvalue weighted by Crippen LogP contribution is 2.20. The molecule has 4 aromatic rings. The molecule has 0 saturated heterocycles. The van der Waals surface area contributed by atoms with E-state index >= 15 is 0 Å². The second kappa shape index (κ2) is 10.4. The summed E-state index contributed by atoms with van der Waals surface area (Å²) in [5.74, 6) is 0.439. The first kappa shape index (κ1) is 24.0. The number of nitrogens with zero attached hydrogens (tertiary/aromatic N) is 3. The van der Waals surface area contributed by atoms with E-state index in [1.807, 2.05) is 61.7 Å². The fourth-order valence-corrected chi connectivity index (χ4v) is 4.07. The fraction of sp³-hybridized carbons (Fsp3) is 0.308. The normalized spacial score (nSPS) is 11.1. The molecule has 0 atom stereocenters. The van der Waals surface area contributed by atoms with Crippen molar-refractivity contribution in [2.45, 2.75) is 53.2 Å². The Morgan fingerprint density at radius 1 is 1.06 bits per heavy atom. The van der Waals surface area contributed by atoms with Gasteiger partial charge in [-0.05, 0) is 50.1 Å². The summed E-state index contributed by atoms with van der Waals surface area (Å²) in [5.41, 5.74) is 2.93. The Hall–Kier alpha value is -4.14. The number of anilines is 2. The molecule has 2 aromatic carbocycles. The number of carbonyl (C=O) groups excluding carboxylic acids is 1. The number of unbranched alkanes of at least 4 members (excludes halogenated alkanes) is 1. The average molecular weight is 475 g/mol. The zero-order chi connectivity index (χ0) is 24.9. The van der Waals surface area contributed by atoms with Gasteiger partial charge < -0.3 is 15.2 Å². The van der Waals surface area contributed by atoms with Crippen molar-refractivity contribution in [3.8, 4) is 0 Å². The maximum absolute atomic E-state index is 12.7. The summed E-state index contributed by atoms with van der Waals surface area (Å²) in [7, 11) is 0. The van der Waals surface area contributed by atoms with Gasteiger partial charge in [-0.15, -0.1) is 0 Å². The topological polar surface area (TPSA) is 114 Å². The summed E-state index contributed by atoms with van der Waals surface area (Å²) in [4.78, 5) is 44.9. The average Bonchev–Trinajstić information content (AvgIpc) is 3.23. The largest absolute Gasteiger partial charge is 0.378 e. The van der Waals surface area contributed by atoms with Crippen molar-refractivity contribution in [2.24, 2.45) is 0 Å². The molecule has 1 amide bonds. The third-order valence-electron chi connectivity index (χ3n) is 5.98. The first-order valence-electron chi connectivity index (χ1n) is 11.9. The molecule has 0 aliphatic rings. The van der Waals surface area contributed by atoms with Crippen LogP contribution in [0.2, 0.25) is 0 Å². The number of hydrogen-bond donors (Lipinski definition) is 3. The van der Waals surface area contributed by atoms with E-state index < -0.39 is 11.2 Å². The molecule has 9 heteroatoms. The van der Waals surface area contributed by atoms with Gasteiger partial charge in [0, 0.05) is 30.0 Å². The zero-order valence-electron chi connectivity index (χ0n) is 20.2. The van der Waals surface area contributed by atoms with E-state index in [4.69, 9.17) is 0 Å². The molecule has 2 aromatic heterocycles. The predicted molar refractivity (Wildman–Crippen MR) is 138 cm³/mol. The molecule has 3 N–H and O–H groups in total. The van der Waals surface area contributed by atoms with Crippen LogP contribution in [0.4, 0.5) is 11.4 Å². The smallest absolute Gasteiger partial charge is 0.330 e. The molecule has 0 aliphatic heterocycles. The third kappa shape index (κ3) is 5.03. The third-order valence-corrected chi connectivity index (χ3v) is 5.98. The highest BCUT2D eigenvalue weighted by atomic mass is 16.2. The van der Waals surface area contributed by atoms with Crippen LogP contribution >= 0.6 is 0 Å². The summed E-state index contributed by atoms with van der Waals surface area (Å²) in [6, 6.07) is 14.8. The SMILES string of the molecule is CCCCn1c(=O)[nH]c(=O)c2c1nc(CNc1cc(C(=O)Nc3ccccc3)ccc1C)n2CC. The second-order valence-electron chi connectivity index (χ2n) is 8.41. The Kier molecular flexibility index (Phi) is 7.14. The zero-order valence-corrected chi connectivity index (χ0v) is 20.2. The minimum atomic E-state index is -0.441. The molecule has 0 fully saturated rings. The van der Waals surface area contributed by atoms with Gasteiger partial charge >= 0.3 is 5.69 Å². The molecule has 0 aliphatic carbocycles. The summed E-state index contributed by atoms with van der Waals surface area (Å²) >= 11 is 0. The van der Waals surface area contributed by atoms with Gasteiger partial charge in [-0.25, -0.2) is 9.78 Å². The van der Waals surface area contributed by atoms with Gasteiger partial charge in [0.1, 0.15) is 5.82 Å². The highest BCUT2D eigenvalue weighted by molar-refractivity contribution is 6.04. The quantitative estimate of drug-likeness (QED) is 0.341. The van der Waals surface area contributed by atoms with E-state index in [2.05, 4.69) is 20.6 Å². The molecule has 35 heavy (non-hydrogen) atoms. The van der Waals surface area contributed by atoms with Crippen molar-refractivity contribution < 1.29 is 4.79 Å². The molecule has 182 valence electrons. The number of aromatic amines is 1. The van der Waals surface area contributed by atoms with Crippen LogP contribution in [0.3, 0.4) is 0 Å². The number of imidazole rings is 1. The molecular weight excluding hydrogens is 444 g/mol. The van der Waals surface area contributed by atoms with E-state index in [0.29, 0.717) is 42.2 Å². The number of nitrogens with one attached hydrogen (secondary N) is 3. The number of aryl methyl sites for hydroxylation is 3. The molecule has 2 heterocycles. The lowest BCUT2D eigenvalue weighted by atomic mass is 10.1. The molecule has 0 bridgehead atoms. The standard InChI is InChI=1S/C26H30N6O3/c1-4-6-14-32-23-22(25(34)30-26(32)35)31(5-2)21(29-23)16-27-20-15-18(13-12-17(20)3)24(33)28-19-10-8-7-9-11-19/h7-13,15,27H,4-6,14,16H2,1-3H3,(H,28,33)(H,30,34,35). The fourth-order valence-electron chi connectivity index (χ4n) is 4.07. The summed E-state index contributed by atoms with van der Waals surface area (Å²) in [5, 5.41) is 6.25. The Morgan fingerprint density at radius 3 is 2.54 bits per heavy atom. The van der Waals surface area contributed by atoms with Crippen LogP contribution in [0.25, 0.3) is 11.2 Å². The Bertz CT molecular complexity index is 1470. The van der Waals surface area contributed by atoms with Crippen LogP contribution in [0, 0.1) is 6.92 Å². The lowest BCUT2D eigenvalue weighted by Gasteiger charge is -2.12. The number of H-pyrrole nitrogens is 1. The molecule has 0 saturated carbocycles. The first-order chi connectivity index (χ1) is 16.9. The van der Waals surface area contributed by atoms with E-state index in [1.165, 1.54) is 4.57 Å². The van der Waals surface area contributed by atoms with Crippen molar-refractivity contribution in [3.63, 3.8) is 0 Å². The number of fused-ring (bicyclic) bond motifs is 1. The van der Waals surface area contributed by atoms with Crippen LogP contribution in [0.15, 0.2) is 58.1 Å². The number of benzene rings is 2. The first-order valence-corrected chi connectivity index (χ1v) is 11.9. The van der Waals surface area contributed by atoms with E-state index in [9.17, 15) is 14.4 Å². The van der Waals surface area contributed by atoms with Gasteiger partial charge in [0.05, 0.1) is 6.54 Å². The van der Waals surface area contributed by atoms with Crippen LogP contribution in [-0.2, 0) is 19.6 Å². The molecule has 0 radical (unpaired) electrons. The summed E-state index contributed by atoms with van der Waals surface area (Å²) in [6.45, 7) is 7.29. The Labute approximate surface area is 202 Å². The summed E-state index contributed by atoms with van der Waals surface area (Å²) in [6.07, 6.45) is 1.73. The minimum Gasteiger partial charge on any atom is -0.378 e. The highest BCUT2D eigenvalue weighted by Gasteiger charge is 2.18. The van der Waals surface area contributed by atoms with Crippen molar-refractivity contribution in [3.05, 3.63) is 86.3 Å². The van der Waals surface area contributed by atoms with Gasteiger partial charge in [0.25, 0.3) is 11.5 Å². The molecule has 9 nitrogen and oxygen atoms in total. The minimum absolute atomic E-state index is 0.202. The van der Waals surface area contributed by atoms with Crippen molar-refractivity contribution in [1.82, 2.24) is 19.1 Å². The second-order valence-corrected chi connectivity index (χ2v) is 8.41. The maximum atomic E-state index is 12.7. The summed E-state index contributed by atoms with van der Waals surface area (Å²) < 4.78 is 3.36. The van der Waals surface area contributed by atoms with Crippen LogP contribution in [-0.4, -0.2) is 25.0 Å². The van der Waals surface area contributed by atoms with E-state index in [1.54, 1.807) is 12.1 Å². The Balaban J connectivity index is 1.62. The monoisotopic (exact) mass is 474 g/mol. The molecule has 4 rings (SSSR count). The maximum Gasteiger partial charge on any atom is 0.330 e. The van der Waals surface area contributed by atoms with Crippen LogP contribution < -0.4 is 21.9 Å². The van der Waals surface area contributed by atoms with Gasteiger partial charge in [0.2, 0.25) is 0 Å². The van der Waals surface area contributed by atoms with Crippen LogP contribution in [0.5, 0.6) is 0 Å². The number of amides is 1. The van der Waals surface area contributed by atoms with Gasteiger partial charge in [-0.1, -0.05) is 37.6 Å². The van der Waals surface area contributed by atoms with Crippen LogP contribution in [0.1, 0.15) is 48.4 Å². The van der Waals surface area contributed by atoms with E-state index in [-0.39, 0.29) is 5.91 Å². The predicted octanol–water partition coefficient (Wildman–Crippen LogP) is 3.88. The number of aromatic nitrogens is 4. The van der Waals surface area contributed by atoms with Gasteiger partial charge in [-0.2, -0.15) is 0 Å².